The Labute approximate surface area is 102 Å². The number of benzene rings is 1. The van der Waals surface area contributed by atoms with Gasteiger partial charge in [-0.2, -0.15) is 0 Å². The van der Waals surface area contributed by atoms with Crippen LogP contribution in [0.1, 0.15) is 0 Å². The minimum absolute atomic E-state index is 0.445. The highest BCUT2D eigenvalue weighted by molar-refractivity contribution is 6.32. The third-order valence-electron chi connectivity index (χ3n) is 2.46. The Hall–Kier alpha value is -2.14. The fourth-order valence-electron chi connectivity index (χ4n) is 1.70. The second-order valence-corrected chi connectivity index (χ2v) is 3.96. The normalized spacial score (nSPS) is 10.9. The molecule has 0 unspecified atom stereocenters. The summed E-state index contributed by atoms with van der Waals surface area (Å²) in [4.78, 5) is 3.92. The Morgan fingerprint density at radius 3 is 2.82 bits per heavy atom. The topological polar surface area (TPSA) is 69.6 Å². The number of anilines is 1. The van der Waals surface area contributed by atoms with Gasteiger partial charge in [-0.1, -0.05) is 28.9 Å². The summed E-state index contributed by atoms with van der Waals surface area (Å²) in [6.07, 6.45) is 3.07. The molecule has 5 nitrogen and oxygen atoms in total. The summed E-state index contributed by atoms with van der Waals surface area (Å²) < 4.78 is 1.62. The van der Waals surface area contributed by atoms with Crippen LogP contribution in [0.5, 0.6) is 0 Å². The zero-order chi connectivity index (χ0) is 11.8. The number of para-hydroxylation sites is 1. The minimum Gasteiger partial charge on any atom is -0.396 e. The van der Waals surface area contributed by atoms with Crippen molar-refractivity contribution in [1.82, 2.24) is 20.0 Å². The van der Waals surface area contributed by atoms with E-state index in [1.54, 1.807) is 4.68 Å². The molecule has 2 heterocycles. The SMILES string of the molecule is Nc1cncc(Cl)c1-n1nnc2ccccc21. The summed E-state index contributed by atoms with van der Waals surface area (Å²) in [5, 5.41) is 8.56. The standard InChI is InChI=1S/C11H8ClN5/c12-7-5-14-6-8(13)11(7)17-10-4-2-1-3-9(10)15-16-17/h1-6H,13H2. The number of hydrogen-bond donors (Lipinski definition) is 1. The van der Waals surface area contributed by atoms with E-state index in [1.807, 2.05) is 24.3 Å². The lowest BCUT2D eigenvalue weighted by atomic mass is 10.3. The molecule has 0 atom stereocenters. The van der Waals surface area contributed by atoms with E-state index in [4.69, 9.17) is 17.3 Å². The van der Waals surface area contributed by atoms with E-state index in [9.17, 15) is 0 Å². The van der Waals surface area contributed by atoms with E-state index in [0.717, 1.165) is 11.0 Å². The molecule has 0 saturated heterocycles. The van der Waals surface area contributed by atoms with Crippen LogP contribution in [0.3, 0.4) is 0 Å². The molecule has 2 N–H and O–H groups in total. The van der Waals surface area contributed by atoms with Gasteiger partial charge < -0.3 is 5.73 Å². The van der Waals surface area contributed by atoms with Crippen LogP contribution in [0.2, 0.25) is 5.02 Å². The van der Waals surface area contributed by atoms with Gasteiger partial charge >= 0.3 is 0 Å². The summed E-state index contributed by atoms with van der Waals surface area (Å²) in [7, 11) is 0. The minimum atomic E-state index is 0.445. The molecule has 17 heavy (non-hydrogen) atoms. The van der Waals surface area contributed by atoms with Crippen molar-refractivity contribution in [2.75, 3.05) is 5.73 Å². The van der Waals surface area contributed by atoms with Crippen LogP contribution in [-0.4, -0.2) is 20.0 Å². The molecule has 0 aliphatic heterocycles. The van der Waals surface area contributed by atoms with Crippen LogP contribution < -0.4 is 5.73 Å². The summed E-state index contributed by atoms with van der Waals surface area (Å²) in [5.74, 6) is 0. The first-order valence-electron chi connectivity index (χ1n) is 4.97. The Kier molecular flexibility index (Phi) is 2.19. The largest absolute Gasteiger partial charge is 0.396 e. The predicted octanol–water partition coefficient (Wildman–Crippen LogP) is 2.05. The van der Waals surface area contributed by atoms with E-state index in [-0.39, 0.29) is 0 Å². The van der Waals surface area contributed by atoms with Crippen LogP contribution >= 0.6 is 11.6 Å². The van der Waals surface area contributed by atoms with Crippen molar-refractivity contribution >= 4 is 28.3 Å². The lowest BCUT2D eigenvalue weighted by Gasteiger charge is -2.07. The fourth-order valence-corrected chi connectivity index (χ4v) is 1.95. The lowest BCUT2D eigenvalue weighted by molar-refractivity contribution is 0.824. The van der Waals surface area contributed by atoms with Gasteiger partial charge in [-0.25, -0.2) is 4.68 Å². The van der Waals surface area contributed by atoms with Gasteiger partial charge in [0.2, 0.25) is 0 Å². The summed E-state index contributed by atoms with van der Waals surface area (Å²) in [6, 6.07) is 7.60. The first kappa shape index (κ1) is 10.0. The number of rotatable bonds is 1. The molecule has 0 aliphatic carbocycles. The van der Waals surface area contributed by atoms with Crippen molar-refractivity contribution in [2.24, 2.45) is 0 Å². The van der Waals surface area contributed by atoms with Gasteiger partial charge in [0.15, 0.2) is 0 Å². The zero-order valence-corrected chi connectivity index (χ0v) is 9.46. The molecule has 0 spiro atoms. The molecule has 2 aromatic heterocycles. The summed E-state index contributed by atoms with van der Waals surface area (Å²) in [5.41, 5.74) is 8.59. The number of pyridine rings is 1. The van der Waals surface area contributed by atoms with E-state index in [1.165, 1.54) is 12.4 Å². The van der Waals surface area contributed by atoms with Crippen LogP contribution in [-0.2, 0) is 0 Å². The summed E-state index contributed by atoms with van der Waals surface area (Å²) >= 11 is 6.09. The Bertz CT molecular complexity index is 671. The molecule has 0 radical (unpaired) electrons. The number of fused-ring (bicyclic) bond motifs is 1. The number of aromatic nitrogens is 4. The smallest absolute Gasteiger partial charge is 0.113 e. The first-order valence-corrected chi connectivity index (χ1v) is 5.35. The maximum absolute atomic E-state index is 6.09. The van der Waals surface area contributed by atoms with Crippen molar-refractivity contribution in [3.05, 3.63) is 41.7 Å². The van der Waals surface area contributed by atoms with E-state index < -0.39 is 0 Å². The second-order valence-electron chi connectivity index (χ2n) is 3.55. The molecular weight excluding hydrogens is 238 g/mol. The molecule has 3 rings (SSSR count). The average Bonchev–Trinajstić information content (AvgIpc) is 2.73. The Balaban J connectivity index is 2.35. The van der Waals surface area contributed by atoms with Gasteiger partial charge in [-0.15, -0.1) is 5.10 Å². The van der Waals surface area contributed by atoms with Gasteiger partial charge in [0, 0.05) is 6.20 Å². The second kappa shape index (κ2) is 3.71. The highest BCUT2D eigenvalue weighted by Gasteiger charge is 2.12. The molecule has 0 aliphatic rings. The van der Waals surface area contributed by atoms with Gasteiger partial charge in [0.25, 0.3) is 0 Å². The zero-order valence-electron chi connectivity index (χ0n) is 8.71. The lowest BCUT2D eigenvalue weighted by Crippen LogP contribution is -2.03. The van der Waals surface area contributed by atoms with Gasteiger partial charge in [-0.3, -0.25) is 4.98 Å². The molecule has 0 fully saturated rings. The van der Waals surface area contributed by atoms with Gasteiger partial charge in [-0.05, 0) is 12.1 Å². The number of nitrogens with two attached hydrogens (primary N) is 1. The van der Waals surface area contributed by atoms with Crippen molar-refractivity contribution in [2.45, 2.75) is 0 Å². The van der Waals surface area contributed by atoms with Gasteiger partial charge in [0.1, 0.15) is 11.2 Å². The predicted molar refractivity (Wildman–Crippen MR) is 66.1 cm³/mol. The monoisotopic (exact) mass is 245 g/mol. The number of halogens is 1. The molecule has 84 valence electrons. The van der Waals surface area contributed by atoms with Crippen molar-refractivity contribution in [1.29, 1.82) is 0 Å². The van der Waals surface area contributed by atoms with Crippen LogP contribution in [0.25, 0.3) is 16.7 Å². The Morgan fingerprint density at radius 2 is 2.00 bits per heavy atom. The number of nitrogens with zero attached hydrogens (tertiary/aromatic N) is 4. The van der Waals surface area contributed by atoms with Crippen LogP contribution in [0, 0.1) is 0 Å². The van der Waals surface area contributed by atoms with E-state index in [0.29, 0.717) is 16.4 Å². The van der Waals surface area contributed by atoms with Crippen molar-refractivity contribution in [3.8, 4) is 5.69 Å². The molecule has 0 bridgehead atoms. The maximum Gasteiger partial charge on any atom is 0.113 e. The number of hydrogen-bond acceptors (Lipinski definition) is 4. The van der Waals surface area contributed by atoms with Crippen molar-refractivity contribution < 1.29 is 0 Å². The van der Waals surface area contributed by atoms with E-state index in [2.05, 4.69) is 15.3 Å². The first-order chi connectivity index (χ1) is 8.27. The average molecular weight is 246 g/mol. The van der Waals surface area contributed by atoms with Gasteiger partial charge in [0.05, 0.1) is 22.4 Å². The highest BCUT2D eigenvalue weighted by Crippen LogP contribution is 2.26. The molecule has 0 saturated carbocycles. The third kappa shape index (κ3) is 1.52. The maximum atomic E-state index is 6.09. The highest BCUT2D eigenvalue weighted by atomic mass is 35.5. The molecule has 3 aromatic rings. The van der Waals surface area contributed by atoms with E-state index >= 15 is 0 Å². The molecular formula is C11H8ClN5. The molecule has 6 heteroatoms. The Morgan fingerprint density at radius 1 is 1.18 bits per heavy atom. The molecule has 0 amide bonds. The van der Waals surface area contributed by atoms with Crippen molar-refractivity contribution in [3.63, 3.8) is 0 Å². The van der Waals surface area contributed by atoms with Crippen LogP contribution in [0.15, 0.2) is 36.7 Å². The fraction of sp³-hybridized carbons (Fsp3) is 0. The van der Waals surface area contributed by atoms with Crippen LogP contribution in [0.4, 0.5) is 5.69 Å². The summed E-state index contributed by atoms with van der Waals surface area (Å²) in [6.45, 7) is 0. The molecule has 1 aromatic carbocycles. The number of nitrogen functional groups attached to an aromatic ring is 1. The third-order valence-corrected chi connectivity index (χ3v) is 2.74. The quantitative estimate of drug-likeness (QED) is 0.712.